The highest BCUT2D eigenvalue weighted by molar-refractivity contribution is 7.12. The van der Waals surface area contributed by atoms with Crippen molar-refractivity contribution in [2.24, 2.45) is 0 Å². The summed E-state index contributed by atoms with van der Waals surface area (Å²) in [6, 6.07) is 19.4. The van der Waals surface area contributed by atoms with Crippen LogP contribution in [0.1, 0.15) is 25.6 Å². The normalized spacial score (nSPS) is 10.4. The Labute approximate surface area is 223 Å². The number of benzene rings is 2. The topological polar surface area (TPSA) is 120 Å². The van der Waals surface area contributed by atoms with Gasteiger partial charge in [-0.1, -0.05) is 24.3 Å². The fraction of sp³-hybridized carbons (Fsp3) is 0.143. The Bertz CT molecular complexity index is 1510. The lowest BCUT2D eigenvalue weighted by Crippen LogP contribution is -2.14. The van der Waals surface area contributed by atoms with Crippen LogP contribution < -0.4 is 14.8 Å². The molecular weight excluding hydrogens is 506 g/mol. The van der Waals surface area contributed by atoms with Crippen molar-refractivity contribution in [2.45, 2.75) is 0 Å². The Morgan fingerprint density at radius 1 is 1.00 bits per heavy atom. The summed E-state index contributed by atoms with van der Waals surface area (Å²) in [5.74, 6) is -0.117. The largest absolute Gasteiger partial charge is 0.496 e. The molecule has 2 aromatic heterocycles. The summed E-state index contributed by atoms with van der Waals surface area (Å²) in [6.07, 6.45) is 0. The predicted molar refractivity (Wildman–Crippen MR) is 142 cm³/mol. The van der Waals surface area contributed by atoms with E-state index >= 15 is 0 Å². The molecule has 0 fully saturated rings. The average Bonchev–Trinajstić information content (AvgIpc) is 3.50. The summed E-state index contributed by atoms with van der Waals surface area (Å²) in [5.41, 5.74) is 2.31. The van der Waals surface area contributed by atoms with E-state index in [1.807, 2.05) is 18.2 Å². The maximum absolute atomic E-state index is 12.9. The van der Waals surface area contributed by atoms with E-state index in [1.165, 1.54) is 32.7 Å². The lowest BCUT2D eigenvalue weighted by Gasteiger charge is -2.16. The van der Waals surface area contributed by atoms with Crippen LogP contribution in [-0.4, -0.2) is 45.0 Å². The smallest absolute Gasteiger partial charge is 0.341 e. The van der Waals surface area contributed by atoms with Crippen molar-refractivity contribution in [3.05, 3.63) is 82.0 Å². The van der Waals surface area contributed by atoms with Crippen LogP contribution in [0.3, 0.4) is 0 Å². The van der Waals surface area contributed by atoms with E-state index in [0.29, 0.717) is 38.8 Å². The molecule has 0 aliphatic heterocycles. The fourth-order valence-electron chi connectivity index (χ4n) is 3.76. The number of nitrogens with zero attached hydrogens (tertiary/aromatic N) is 2. The molecule has 0 saturated heterocycles. The number of rotatable bonds is 9. The number of hydrogen-bond acceptors (Lipinski definition) is 9. The minimum Gasteiger partial charge on any atom is -0.496 e. The van der Waals surface area contributed by atoms with Crippen molar-refractivity contribution < 1.29 is 28.5 Å². The Kier molecular flexibility index (Phi) is 8.33. The highest BCUT2D eigenvalue weighted by Crippen LogP contribution is 2.37. The summed E-state index contributed by atoms with van der Waals surface area (Å²) in [7, 11) is 4.23. The number of pyridine rings is 1. The number of methoxy groups -OCH3 is 3. The lowest BCUT2D eigenvalue weighted by atomic mass is 9.96. The number of anilines is 1. The molecular formula is C28H23N3O6S. The van der Waals surface area contributed by atoms with Crippen molar-refractivity contribution in [3.63, 3.8) is 0 Å². The highest BCUT2D eigenvalue weighted by Gasteiger charge is 2.22. The molecule has 0 bridgehead atoms. The number of nitrogens with one attached hydrogen (secondary N) is 1. The third-order valence-electron chi connectivity index (χ3n) is 5.52. The van der Waals surface area contributed by atoms with Crippen molar-refractivity contribution in [1.82, 2.24) is 4.98 Å². The molecule has 4 rings (SSSR count). The number of carbonyl (C=O) groups excluding carboxylic acids is 2. The van der Waals surface area contributed by atoms with Gasteiger partial charge < -0.3 is 24.3 Å². The summed E-state index contributed by atoms with van der Waals surface area (Å²) in [6.45, 7) is 0.0170. The molecule has 9 nitrogen and oxygen atoms in total. The molecule has 0 aliphatic carbocycles. The van der Waals surface area contributed by atoms with Gasteiger partial charge in [0.1, 0.15) is 28.7 Å². The number of thiophene rings is 1. The molecule has 0 atom stereocenters. The van der Waals surface area contributed by atoms with Crippen LogP contribution in [0.25, 0.3) is 22.4 Å². The Hall–Kier alpha value is -4.72. The summed E-state index contributed by atoms with van der Waals surface area (Å²) in [5, 5.41) is 14.7. The van der Waals surface area contributed by atoms with E-state index in [2.05, 4.69) is 16.4 Å². The van der Waals surface area contributed by atoms with Crippen LogP contribution in [0, 0.1) is 11.3 Å². The van der Waals surface area contributed by atoms with Gasteiger partial charge in [-0.3, -0.25) is 4.79 Å². The summed E-state index contributed by atoms with van der Waals surface area (Å²) >= 11 is 1.27. The molecule has 0 aliphatic rings. The molecule has 4 aromatic rings. The van der Waals surface area contributed by atoms with E-state index in [4.69, 9.17) is 18.9 Å². The Balaban J connectivity index is 1.94. The van der Waals surface area contributed by atoms with E-state index < -0.39 is 11.9 Å². The van der Waals surface area contributed by atoms with Crippen LogP contribution >= 0.6 is 11.3 Å². The van der Waals surface area contributed by atoms with E-state index in [9.17, 15) is 14.9 Å². The second kappa shape index (κ2) is 12.0. The minimum absolute atomic E-state index is 0.0170. The maximum atomic E-state index is 12.9. The number of hydrogen-bond donors (Lipinski definition) is 1. The number of aromatic nitrogens is 1. The Morgan fingerprint density at radius 3 is 2.50 bits per heavy atom. The number of para-hydroxylation sites is 1. The van der Waals surface area contributed by atoms with Gasteiger partial charge in [0.25, 0.3) is 5.91 Å². The maximum Gasteiger partial charge on any atom is 0.341 e. The standard InChI is InChI=1S/C28H23N3O6S/c1-34-16-37-24-8-5-4-7-18(24)22-14-19(17-10-11-23(35-2)20(13-17)28(33)36-3)21(15-29)26(30-22)31-27(32)25-9-6-12-38-25/h4-14H,16H2,1-3H3,(H,30,31,32). The lowest BCUT2D eigenvalue weighted by molar-refractivity contribution is 0.0515. The minimum atomic E-state index is -0.596. The van der Waals surface area contributed by atoms with E-state index in [1.54, 1.807) is 47.8 Å². The first-order valence-electron chi connectivity index (χ1n) is 11.3. The number of esters is 1. The molecule has 2 heterocycles. The van der Waals surface area contributed by atoms with Crippen LogP contribution in [0.15, 0.2) is 66.0 Å². The first-order valence-corrected chi connectivity index (χ1v) is 12.2. The summed E-state index contributed by atoms with van der Waals surface area (Å²) < 4.78 is 21.0. The van der Waals surface area contributed by atoms with Gasteiger partial charge in [0, 0.05) is 18.2 Å². The van der Waals surface area contributed by atoms with Crippen molar-refractivity contribution in [3.8, 4) is 40.0 Å². The first-order chi connectivity index (χ1) is 18.5. The van der Waals surface area contributed by atoms with Gasteiger partial charge in [0.05, 0.1) is 24.8 Å². The third-order valence-corrected chi connectivity index (χ3v) is 6.39. The Morgan fingerprint density at radius 2 is 1.82 bits per heavy atom. The number of amides is 1. The van der Waals surface area contributed by atoms with Gasteiger partial charge in [0.2, 0.25) is 0 Å². The number of carbonyl (C=O) groups is 2. The zero-order valence-corrected chi connectivity index (χ0v) is 21.6. The highest BCUT2D eigenvalue weighted by atomic mass is 32.1. The van der Waals surface area contributed by atoms with Gasteiger partial charge in [-0.15, -0.1) is 11.3 Å². The van der Waals surface area contributed by atoms with Gasteiger partial charge in [-0.05, 0) is 47.3 Å². The molecule has 0 radical (unpaired) electrons. The second-order valence-corrected chi connectivity index (χ2v) is 8.72. The predicted octanol–water partition coefficient (Wildman–Crippen LogP) is 5.38. The monoisotopic (exact) mass is 529 g/mol. The molecule has 1 N–H and O–H groups in total. The second-order valence-electron chi connectivity index (χ2n) is 7.78. The number of nitriles is 1. The molecule has 38 heavy (non-hydrogen) atoms. The SMILES string of the molecule is COCOc1ccccc1-c1cc(-c2ccc(OC)c(C(=O)OC)c2)c(C#N)c(NC(=O)c2cccs2)n1. The summed E-state index contributed by atoms with van der Waals surface area (Å²) in [4.78, 5) is 30.5. The van der Waals surface area contributed by atoms with E-state index in [-0.39, 0.29) is 23.7 Å². The van der Waals surface area contributed by atoms with Crippen LogP contribution in [0.2, 0.25) is 0 Å². The van der Waals surface area contributed by atoms with E-state index in [0.717, 1.165) is 0 Å². The first kappa shape index (κ1) is 26.3. The molecule has 2 aromatic carbocycles. The molecule has 0 saturated carbocycles. The third kappa shape index (κ3) is 5.49. The van der Waals surface area contributed by atoms with Gasteiger partial charge in [0.15, 0.2) is 12.6 Å². The molecule has 192 valence electrons. The van der Waals surface area contributed by atoms with Crippen molar-refractivity contribution >= 4 is 29.0 Å². The van der Waals surface area contributed by atoms with Gasteiger partial charge in [-0.25, -0.2) is 9.78 Å². The average molecular weight is 530 g/mol. The van der Waals surface area contributed by atoms with Crippen molar-refractivity contribution in [1.29, 1.82) is 5.26 Å². The number of ether oxygens (including phenoxy) is 4. The van der Waals surface area contributed by atoms with Crippen LogP contribution in [0.5, 0.6) is 11.5 Å². The van der Waals surface area contributed by atoms with Crippen LogP contribution in [-0.2, 0) is 9.47 Å². The van der Waals surface area contributed by atoms with Gasteiger partial charge in [-0.2, -0.15) is 5.26 Å². The quantitative estimate of drug-likeness (QED) is 0.227. The van der Waals surface area contributed by atoms with Crippen molar-refractivity contribution in [2.75, 3.05) is 33.4 Å². The molecule has 1 amide bonds. The molecule has 10 heteroatoms. The molecule has 0 spiro atoms. The van der Waals surface area contributed by atoms with Crippen LogP contribution in [0.4, 0.5) is 5.82 Å². The van der Waals surface area contributed by atoms with Gasteiger partial charge >= 0.3 is 5.97 Å². The zero-order valence-electron chi connectivity index (χ0n) is 20.8. The fourth-order valence-corrected chi connectivity index (χ4v) is 4.38. The molecule has 0 unspecified atom stereocenters. The zero-order chi connectivity index (χ0) is 27.1.